The van der Waals surface area contributed by atoms with E-state index >= 15 is 0 Å². The fraction of sp³-hybridized carbons (Fsp3) is 0.956. The van der Waals surface area contributed by atoms with Crippen LogP contribution in [0.1, 0.15) is 382 Å². The summed E-state index contributed by atoms with van der Waals surface area (Å²) in [4.78, 5) is 38.4. The number of ether oxygens (including phenoxy) is 3. The Balaban J connectivity index is 4.26. The maximum Gasteiger partial charge on any atom is 0.306 e. The van der Waals surface area contributed by atoms with Crippen molar-refractivity contribution >= 4 is 17.9 Å². The van der Waals surface area contributed by atoms with Crippen LogP contribution in [0.4, 0.5) is 0 Å². The third-order valence-corrected chi connectivity index (χ3v) is 16.0. The van der Waals surface area contributed by atoms with E-state index < -0.39 is 6.10 Å². The molecule has 0 amide bonds. The van der Waals surface area contributed by atoms with Crippen LogP contribution in [-0.4, -0.2) is 37.2 Å². The van der Waals surface area contributed by atoms with E-state index in [2.05, 4.69) is 41.5 Å². The van der Waals surface area contributed by atoms with Gasteiger partial charge in [0.25, 0.3) is 0 Å². The Morgan fingerprint density at radius 2 is 0.473 bits per heavy atom. The van der Waals surface area contributed by atoms with E-state index in [0.29, 0.717) is 19.3 Å². The quantitative estimate of drug-likeness (QED) is 0.0343. The van der Waals surface area contributed by atoms with E-state index in [1.54, 1.807) is 0 Å². The molecule has 440 valence electrons. The van der Waals surface area contributed by atoms with Crippen molar-refractivity contribution in [3.63, 3.8) is 0 Å². The number of carbonyl (C=O) groups excluding carboxylic acids is 3. The van der Waals surface area contributed by atoms with Gasteiger partial charge in [0.1, 0.15) is 13.2 Å². The Labute approximate surface area is 463 Å². The number of hydrogen-bond donors (Lipinski definition) is 0. The molecule has 6 heteroatoms. The molecule has 0 saturated carbocycles. The van der Waals surface area contributed by atoms with E-state index in [-0.39, 0.29) is 31.1 Å². The van der Waals surface area contributed by atoms with Crippen LogP contribution < -0.4 is 0 Å². The normalized spacial score (nSPS) is 12.5. The van der Waals surface area contributed by atoms with Gasteiger partial charge >= 0.3 is 17.9 Å². The topological polar surface area (TPSA) is 78.9 Å². The minimum Gasteiger partial charge on any atom is -0.462 e. The largest absolute Gasteiger partial charge is 0.462 e. The molecule has 0 aliphatic rings. The van der Waals surface area contributed by atoms with Gasteiger partial charge in [-0.3, -0.25) is 14.4 Å². The summed E-state index contributed by atoms with van der Waals surface area (Å²) in [7, 11) is 0. The van der Waals surface area contributed by atoms with Crippen LogP contribution >= 0.6 is 0 Å². The Hall–Kier alpha value is -1.59. The molecule has 0 aliphatic carbocycles. The van der Waals surface area contributed by atoms with Gasteiger partial charge in [-0.1, -0.05) is 343 Å². The smallest absolute Gasteiger partial charge is 0.306 e. The van der Waals surface area contributed by atoms with Gasteiger partial charge in [-0.2, -0.15) is 0 Å². The van der Waals surface area contributed by atoms with Gasteiger partial charge in [0.15, 0.2) is 6.10 Å². The summed E-state index contributed by atoms with van der Waals surface area (Å²) < 4.78 is 17.0. The van der Waals surface area contributed by atoms with Crippen molar-refractivity contribution in [1.29, 1.82) is 0 Å². The third kappa shape index (κ3) is 59.7. The molecule has 0 aliphatic heterocycles. The second kappa shape index (κ2) is 59.1. The van der Waals surface area contributed by atoms with Crippen LogP contribution in [0.2, 0.25) is 0 Å². The molecule has 0 N–H and O–H groups in total. The molecule has 6 nitrogen and oxygen atoms in total. The third-order valence-electron chi connectivity index (χ3n) is 16.0. The van der Waals surface area contributed by atoms with Crippen LogP contribution in [0, 0.1) is 17.8 Å². The molecule has 0 fully saturated rings. The van der Waals surface area contributed by atoms with E-state index in [4.69, 9.17) is 14.2 Å². The van der Waals surface area contributed by atoms with Crippen molar-refractivity contribution in [1.82, 2.24) is 0 Å². The maximum atomic E-state index is 12.9. The Kier molecular flexibility index (Phi) is 57.8. The van der Waals surface area contributed by atoms with E-state index in [0.717, 1.165) is 75.5 Å². The summed E-state index contributed by atoms with van der Waals surface area (Å²) in [5.74, 6) is 1.76. The highest BCUT2D eigenvalue weighted by molar-refractivity contribution is 5.71. The van der Waals surface area contributed by atoms with Crippen molar-refractivity contribution in [3.05, 3.63) is 0 Å². The minimum atomic E-state index is -0.765. The fourth-order valence-corrected chi connectivity index (χ4v) is 10.6. The average Bonchev–Trinajstić information content (AvgIpc) is 3.38. The highest BCUT2D eigenvalue weighted by Crippen LogP contribution is 2.20. The van der Waals surface area contributed by atoms with Crippen molar-refractivity contribution in [2.24, 2.45) is 17.8 Å². The van der Waals surface area contributed by atoms with Crippen LogP contribution in [0.5, 0.6) is 0 Å². The van der Waals surface area contributed by atoms with Gasteiger partial charge in [0.05, 0.1) is 0 Å². The zero-order chi connectivity index (χ0) is 54.1. The van der Waals surface area contributed by atoms with Crippen LogP contribution in [0.15, 0.2) is 0 Å². The minimum absolute atomic E-state index is 0.0622. The lowest BCUT2D eigenvalue weighted by atomic mass is 9.99. The number of unbranched alkanes of at least 4 members (excludes halogenated alkanes) is 43. The molecule has 0 heterocycles. The number of carbonyl (C=O) groups is 3. The highest BCUT2D eigenvalue weighted by Gasteiger charge is 2.20. The van der Waals surface area contributed by atoms with Gasteiger partial charge in [-0.25, -0.2) is 0 Å². The summed E-state index contributed by atoms with van der Waals surface area (Å²) in [5, 5.41) is 0. The summed E-state index contributed by atoms with van der Waals surface area (Å²) in [6, 6.07) is 0. The van der Waals surface area contributed by atoms with E-state index in [1.807, 2.05) is 0 Å². The highest BCUT2D eigenvalue weighted by atomic mass is 16.6. The standard InChI is InChI=1S/C68H132O6/c1-7-64(6)56-50-44-38-32-26-19-15-10-8-9-11-16-20-27-33-39-45-51-57-66(69)72-60-65(61-73-67(70)58-52-46-40-34-28-23-22-25-31-37-43-49-55-63(4)5)74-68(71)59-53-47-41-35-29-21-17-13-12-14-18-24-30-36-42-48-54-62(2)3/h62-65H,7-61H2,1-6H3/t64?,65-/m0/s1. The molecule has 74 heavy (non-hydrogen) atoms. The van der Waals surface area contributed by atoms with Crippen LogP contribution in [0.3, 0.4) is 0 Å². The van der Waals surface area contributed by atoms with Gasteiger partial charge in [0.2, 0.25) is 0 Å². The first kappa shape index (κ1) is 72.4. The molecule has 1 unspecified atom stereocenters. The first-order chi connectivity index (χ1) is 36.1. The average molecular weight is 1050 g/mol. The molecule has 0 aromatic heterocycles. The van der Waals surface area contributed by atoms with Crippen molar-refractivity contribution in [2.75, 3.05) is 13.2 Å². The van der Waals surface area contributed by atoms with Crippen molar-refractivity contribution in [3.8, 4) is 0 Å². The van der Waals surface area contributed by atoms with Gasteiger partial charge in [0, 0.05) is 19.3 Å². The van der Waals surface area contributed by atoms with Gasteiger partial charge in [-0.05, 0) is 37.0 Å². The van der Waals surface area contributed by atoms with Crippen LogP contribution in [-0.2, 0) is 28.6 Å². The number of esters is 3. The predicted molar refractivity (Wildman–Crippen MR) is 321 cm³/mol. The monoisotopic (exact) mass is 1050 g/mol. The predicted octanol–water partition coefficient (Wildman–Crippen LogP) is 22.6. The molecular weight excluding hydrogens is 913 g/mol. The van der Waals surface area contributed by atoms with E-state index in [1.165, 1.54) is 263 Å². The zero-order valence-corrected chi connectivity index (χ0v) is 51.1. The first-order valence-electron chi connectivity index (χ1n) is 33.6. The summed E-state index contributed by atoms with van der Waals surface area (Å²) in [6.07, 6.45) is 65.3. The maximum absolute atomic E-state index is 12.9. The fourth-order valence-electron chi connectivity index (χ4n) is 10.6. The lowest BCUT2D eigenvalue weighted by Gasteiger charge is -2.18. The second-order valence-corrected chi connectivity index (χ2v) is 24.7. The second-order valence-electron chi connectivity index (χ2n) is 24.7. The zero-order valence-electron chi connectivity index (χ0n) is 51.1. The molecule has 0 aromatic carbocycles. The summed E-state index contributed by atoms with van der Waals surface area (Å²) in [5.41, 5.74) is 0. The van der Waals surface area contributed by atoms with Gasteiger partial charge in [-0.15, -0.1) is 0 Å². The first-order valence-corrected chi connectivity index (χ1v) is 33.6. The molecule has 0 radical (unpaired) electrons. The summed E-state index contributed by atoms with van der Waals surface area (Å²) in [6.45, 7) is 13.9. The number of rotatable bonds is 61. The van der Waals surface area contributed by atoms with E-state index in [9.17, 15) is 14.4 Å². The van der Waals surface area contributed by atoms with Crippen molar-refractivity contribution < 1.29 is 28.6 Å². The SMILES string of the molecule is CCC(C)CCCCCCCCCCCCCCCCCCCCC(=O)OC[C@@H](COC(=O)CCCCCCCCCCCCCCC(C)C)OC(=O)CCCCCCCCCCCCCCCCCCC(C)C. The molecule has 0 spiro atoms. The molecular formula is C68H132O6. The molecule has 0 saturated heterocycles. The molecule has 0 bridgehead atoms. The Morgan fingerprint density at radius 1 is 0.270 bits per heavy atom. The Bertz CT molecular complexity index is 1150. The lowest BCUT2D eigenvalue weighted by Crippen LogP contribution is -2.30. The van der Waals surface area contributed by atoms with Crippen LogP contribution in [0.25, 0.3) is 0 Å². The molecule has 2 atom stereocenters. The van der Waals surface area contributed by atoms with Crippen molar-refractivity contribution in [2.45, 2.75) is 388 Å². The molecule has 0 rings (SSSR count). The van der Waals surface area contributed by atoms with Gasteiger partial charge < -0.3 is 14.2 Å². The lowest BCUT2D eigenvalue weighted by molar-refractivity contribution is -0.167. The molecule has 0 aromatic rings. The Morgan fingerprint density at radius 3 is 0.703 bits per heavy atom. The summed E-state index contributed by atoms with van der Waals surface area (Å²) >= 11 is 0. The number of hydrogen-bond acceptors (Lipinski definition) is 6.